The summed E-state index contributed by atoms with van der Waals surface area (Å²) in [6.45, 7) is 0. The maximum atomic E-state index is 13.8. The van der Waals surface area contributed by atoms with Gasteiger partial charge in [-0.05, 0) is 48.5 Å². The van der Waals surface area contributed by atoms with Gasteiger partial charge in [-0.15, -0.1) is 0 Å². The van der Waals surface area contributed by atoms with Gasteiger partial charge in [0, 0.05) is 16.1 Å². The molecule has 27 heavy (non-hydrogen) atoms. The van der Waals surface area contributed by atoms with E-state index in [0.717, 1.165) is 23.4 Å². The molecule has 0 saturated carbocycles. The first-order chi connectivity index (χ1) is 13.1. The van der Waals surface area contributed by atoms with Crippen LogP contribution in [0, 0.1) is 11.6 Å². The van der Waals surface area contributed by atoms with Gasteiger partial charge in [0.15, 0.2) is 23.6 Å². The second kappa shape index (κ2) is 6.11. The monoisotopic (exact) mass is 386 g/mol. The zero-order chi connectivity index (χ0) is 18.5. The molecule has 2 unspecified atom stereocenters. The van der Waals surface area contributed by atoms with E-state index in [9.17, 15) is 8.78 Å². The lowest BCUT2D eigenvalue weighted by Crippen LogP contribution is -2.43. The highest BCUT2D eigenvalue weighted by Crippen LogP contribution is 2.46. The van der Waals surface area contributed by atoms with E-state index in [1.807, 2.05) is 23.2 Å². The van der Waals surface area contributed by atoms with Crippen molar-refractivity contribution < 1.29 is 17.9 Å². The van der Waals surface area contributed by atoms with E-state index in [-0.39, 0.29) is 6.04 Å². The molecule has 0 saturated heterocycles. The number of rotatable bonds is 2. The first-order valence-corrected chi connectivity index (χ1v) is 8.70. The van der Waals surface area contributed by atoms with Crippen LogP contribution in [-0.2, 0) is 0 Å². The third-order valence-corrected chi connectivity index (χ3v) is 4.91. The highest BCUT2D eigenvalue weighted by Gasteiger charge is 2.41. The standard InChI is InChI=1S/C20H13ClF2N2O2/c21-12-4-6-18-13(9-12)17-10-16(19-2-1-7-26-19)24-25(17)20(27-18)11-3-5-14(22)15(23)8-11/h1-10,17,20,24H. The summed E-state index contributed by atoms with van der Waals surface area (Å²) < 4.78 is 38.8. The maximum absolute atomic E-state index is 13.8. The molecular formula is C20H13ClF2N2O2. The molecule has 3 aromatic rings. The van der Waals surface area contributed by atoms with Gasteiger partial charge in [-0.2, -0.15) is 5.01 Å². The Kier molecular flexibility index (Phi) is 3.70. The van der Waals surface area contributed by atoms with Crippen LogP contribution >= 0.6 is 11.6 Å². The molecule has 136 valence electrons. The number of halogens is 3. The van der Waals surface area contributed by atoms with Gasteiger partial charge in [0.05, 0.1) is 18.0 Å². The van der Waals surface area contributed by atoms with Gasteiger partial charge in [0.1, 0.15) is 5.75 Å². The second-order valence-electron chi connectivity index (χ2n) is 6.35. The van der Waals surface area contributed by atoms with Crippen molar-refractivity contribution in [1.82, 2.24) is 10.4 Å². The van der Waals surface area contributed by atoms with Crippen LogP contribution in [0.1, 0.15) is 29.2 Å². The number of furan rings is 1. The van der Waals surface area contributed by atoms with Crippen molar-refractivity contribution in [3.8, 4) is 5.75 Å². The van der Waals surface area contributed by atoms with Crippen LogP contribution < -0.4 is 10.2 Å². The average Bonchev–Trinajstić information content (AvgIpc) is 3.33. The van der Waals surface area contributed by atoms with E-state index in [2.05, 4.69) is 5.43 Å². The van der Waals surface area contributed by atoms with Crippen molar-refractivity contribution >= 4 is 17.3 Å². The average molecular weight is 387 g/mol. The summed E-state index contributed by atoms with van der Waals surface area (Å²) in [5, 5.41) is 2.41. The van der Waals surface area contributed by atoms with Crippen LogP contribution in [0.5, 0.6) is 5.75 Å². The fourth-order valence-electron chi connectivity index (χ4n) is 3.43. The van der Waals surface area contributed by atoms with E-state index >= 15 is 0 Å². The van der Waals surface area contributed by atoms with E-state index in [4.69, 9.17) is 20.8 Å². The fourth-order valence-corrected chi connectivity index (χ4v) is 3.61. The molecule has 7 heteroatoms. The Morgan fingerprint density at radius 3 is 2.70 bits per heavy atom. The number of hydrogen-bond donors (Lipinski definition) is 1. The number of hydrogen-bond acceptors (Lipinski definition) is 4. The zero-order valence-corrected chi connectivity index (χ0v) is 14.6. The molecule has 0 fully saturated rings. The predicted molar refractivity (Wildman–Crippen MR) is 95.6 cm³/mol. The molecule has 3 heterocycles. The molecule has 2 aromatic carbocycles. The molecule has 4 nitrogen and oxygen atoms in total. The number of nitrogens with one attached hydrogen (secondary N) is 1. The van der Waals surface area contributed by atoms with Gasteiger partial charge >= 0.3 is 0 Å². The molecule has 2 atom stereocenters. The van der Waals surface area contributed by atoms with Gasteiger partial charge < -0.3 is 14.6 Å². The normalized spacial score (nSPS) is 21.1. The molecule has 0 bridgehead atoms. The SMILES string of the molecule is Fc1ccc(C2Oc3ccc(Cl)cc3C3C=C(c4ccco4)NN32)cc1F. The molecule has 1 N–H and O–H groups in total. The van der Waals surface area contributed by atoms with Crippen LogP contribution in [0.15, 0.2) is 65.3 Å². The summed E-state index contributed by atoms with van der Waals surface area (Å²) in [7, 11) is 0. The summed E-state index contributed by atoms with van der Waals surface area (Å²) in [5.74, 6) is -0.527. The summed E-state index contributed by atoms with van der Waals surface area (Å²) in [4.78, 5) is 0. The Hall–Kier alpha value is -2.83. The van der Waals surface area contributed by atoms with E-state index in [0.29, 0.717) is 22.1 Å². The summed E-state index contributed by atoms with van der Waals surface area (Å²) in [6, 6.07) is 12.5. The Morgan fingerprint density at radius 1 is 1.04 bits per heavy atom. The fraction of sp³-hybridized carbons (Fsp3) is 0.100. The van der Waals surface area contributed by atoms with Crippen LogP contribution in [0.25, 0.3) is 5.70 Å². The molecule has 0 amide bonds. The van der Waals surface area contributed by atoms with Crippen LogP contribution in [-0.4, -0.2) is 5.01 Å². The van der Waals surface area contributed by atoms with Crippen molar-refractivity contribution in [2.75, 3.05) is 0 Å². The van der Waals surface area contributed by atoms with Gasteiger partial charge in [-0.25, -0.2) is 8.78 Å². The van der Waals surface area contributed by atoms with Crippen molar-refractivity contribution in [3.05, 3.63) is 94.4 Å². The largest absolute Gasteiger partial charge is 0.469 e. The number of nitrogens with zero attached hydrogens (tertiary/aromatic N) is 1. The molecule has 0 aliphatic carbocycles. The molecule has 2 aliphatic rings. The predicted octanol–water partition coefficient (Wildman–Crippen LogP) is 5.20. The topological polar surface area (TPSA) is 37.6 Å². The molecule has 0 radical (unpaired) electrons. The lowest BCUT2D eigenvalue weighted by atomic mass is 10.0. The summed E-state index contributed by atoms with van der Waals surface area (Å²) in [5.41, 5.74) is 5.37. The number of benzene rings is 2. The minimum absolute atomic E-state index is 0.217. The van der Waals surface area contributed by atoms with Crippen LogP contribution in [0.3, 0.4) is 0 Å². The highest BCUT2D eigenvalue weighted by atomic mass is 35.5. The van der Waals surface area contributed by atoms with E-state index < -0.39 is 17.9 Å². The Balaban J connectivity index is 1.61. The Labute approximate surface area is 158 Å². The second-order valence-corrected chi connectivity index (χ2v) is 6.78. The van der Waals surface area contributed by atoms with Crippen molar-refractivity contribution in [1.29, 1.82) is 0 Å². The minimum atomic E-state index is -0.923. The quantitative estimate of drug-likeness (QED) is 0.656. The molecule has 0 spiro atoms. The third-order valence-electron chi connectivity index (χ3n) is 4.67. The molecule has 1 aromatic heterocycles. The van der Waals surface area contributed by atoms with E-state index in [1.54, 1.807) is 24.5 Å². The van der Waals surface area contributed by atoms with Crippen molar-refractivity contribution in [3.63, 3.8) is 0 Å². The zero-order valence-electron chi connectivity index (χ0n) is 13.8. The van der Waals surface area contributed by atoms with Gasteiger partial charge in [0.25, 0.3) is 0 Å². The van der Waals surface area contributed by atoms with Crippen LogP contribution in [0.4, 0.5) is 8.78 Å². The first-order valence-electron chi connectivity index (χ1n) is 8.32. The van der Waals surface area contributed by atoms with E-state index in [1.165, 1.54) is 6.07 Å². The summed E-state index contributed by atoms with van der Waals surface area (Å²) >= 11 is 6.17. The van der Waals surface area contributed by atoms with Crippen molar-refractivity contribution in [2.24, 2.45) is 0 Å². The van der Waals surface area contributed by atoms with Gasteiger partial charge in [-0.1, -0.05) is 17.7 Å². The number of fused-ring (bicyclic) bond motifs is 3. The number of ether oxygens (including phenoxy) is 1. The first kappa shape index (κ1) is 16.4. The van der Waals surface area contributed by atoms with Gasteiger partial charge in [0.2, 0.25) is 0 Å². The number of hydrazine groups is 1. The third kappa shape index (κ3) is 2.69. The minimum Gasteiger partial charge on any atom is -0.469 e. The molecule has 2 aliphatic heterocycles. The van der Waals surface area contributed by atoms with Gasteiger partial charge in [-0.3, -0.25) is 0 Å². The van der Waals surface area contributed by atoms with Crippen LogP contribution in [0.2, 0.25) is 5.02 Å². The molecular weight excluding hydrogens is 374 g/mol. The maximum Gasteiger partial charge on any atom is 0.196 e. The lowest BCUT2D eigenvalue weighted by molar-refractivity contribution is -0.0330. The molecule has 5 rings (SSSR count). The Bertz CT molecular complexity index is 1050. The Morgan fingerprint density at radius 2 is 1.93 bits per heavy atom. The van der Waals surface area contributed by atoms with Crippen molar-refractivity contribution in [2.45, 2.75) is 12.3 Å². The highest BCUT2D eigenvalue weighted by molar-refractivity contribution is 6.30. The lowest BCUT2D eigenvalue weighted by Gasteiger charge is -2.38. The smallest absolute Gasteiger partial charge is 0.196 e. The summed E-state index contributed by atoms with van der Waals surface area (Å²) in [6.07, 6.45) is 2.91.